The minimum absolute atomic E-state index is 0.0214. The van der Waals surface area contributed by atoms with Crippen LogP contribution in [0.3, 0.4) is 0 Å². The fraction of sp³-hybridized carbons (Fsp3) is 0.500. The summed E-state index contributed by atoms with van der Waals surface area (Å²) in [7, 11) is 0. The second-order valence-corrected chi connectivity index (χ2v) is 5.40. The van der Waals surface area contributed by atoms with Crippen LogP contribution in [-0.2, 0) is 10.9 Å². The van der Waals surface area contributed by atoms with E-state index in [1.807, 2.05) is 0 Å². The Balaban J connectivity index is 3.09. The number of amides is 1. The van der Waals surface area contributed by atoms with Crippen LogP contribution >= 0.6 is 0 Å². The van der Waals surface area contributed by atoms with Crippen molar-refractivity contribution < 1.29 is 27.8 Å². The fourth-order valence-electron chi connectivity index (χ4n) is 1.59. The lowest BCUT2D eigenvalue weighted by Crippen LogP contribution is -2.38. The number of aliphatic hydroxyl groups is 1. The molecule has 0 saturated carbocycles. The van der Waals surface area contributed by atoms with E-state index in [-0.39, 0.29) is 12.2 Å². The number of aliphatic hydroxyl groups excluding tert-OH is 1. The molecule has 21 heavy (non-hydrogen) atoms. The summed E-state index contributed by atoms with van der Waals surface area (Å²) in [4.78, 5) is 13.0. The number of hydrogen-bond acceptors (Lipinski definition) is 3. The lowest BCUT2D eigenvalue weighted by molar-refractivity contribution is -0.137. The van der Waals surface area contributed by atoms with Gasteiger partial charge in [0.2, 0.25) is 0 Å². The van der Waals surface area contributed by atoms with Crippen molar-refractivity contribution in [1.29, 1.82) is 0 Å². The smallest absolute Gasteiger partial charge is 0.416 e. The molecule has 1 N–H and O–H groups in total. The van der Waals surface area contributed by atoms with Gasteiger partial charge < -0.3 is 9.84 Å². The topological polar surface area (TPSA) is 49.8 Å². The highest BCUT2D eigenvalue weighted by Gasteiger charge is 2.31. The molecule has 1 amide bonds. The average Bonchev–Trinajstić information content (AvgIpc) is 2.32. The molecule has 1 aromatic carbocycles. The van der Waals surface area contributed by atoms with E-state index in [0.29, 0.717) is 0 Å². The van der Waals surface area contributed by atoms with E-state index < -0.39 is 30.0 Å². The van der Waals surface area contributed by atoms with Crippen molar-refractivity contribution in [2.45, 2.75) is 32.5 Å². The minimum atomic E-state index is -4.51. The predicted molar refractivity (Wildman–Crippen MR) is 72.1 cm³/mol. The zero-order valence-electron chi connectivity index (χ0n) is 12.1. The molecule has 0 atom stereocenters. The molecule has 118 valence electrons. The van der Waals surface area contributed by atoms with Crippen LogP contribution in [0.15, 0.2) is 24.3 Å². The van der Waals surface area contributed by atoms with Gasteiger partial charge in [0.15, 0.2) is 0 Å². The molecule has 7 heteroatoms. The standard InChI is InChI=1S/C14H18F3NO3/c1-13(2,3)21-12(20)18(7-8-19)11-6-4-5-10(9-11)14(15,16)17/h4-6,9,19H,7-8H2,1-3H3. The first-order chi connectivity index (χ1) is 9.54. The van der Waals surface area contributed by atoms with Crippen LogP contribution in [0.2, 0.25) is 0 Å². The van der Waals surface area contributed by atoms with E-state index in [9.17, 15) is 18.0 Å². The van der Waals surface area contributed by atoms with E-state index in [1.165, 1.54) is 12.1 Å². The maximum absolute atomic E-state index is 12.7. The van der Waals surface area contributed by atoms with Gasteiger partial charge in [-0.05, 0) is 39.0 Å². The van der Waals surface area contributed by atoms with Crippen molar-refractivity contribution in [3.05, 3.63) is 29.8 Å². The first-order valence-corrected chi connectivity index (χ1v) is 6.33. The quantitative estimate of drug-likeness (QED) is 0.930. The van der Waals surface area contributed by atoms with Gasteiger partial charge in [-0.25, -0.2) is 4.79 Å². The molecular weight excluding hydrogens is 287 g/mol. The van der Waals surface area contributed by atoms with Gasteiger partial charge in [0, 0.05) is 5.69 Å². The van der Waals surface area contributed by atoms with Crippen LogP contribution < -0.4 is 4.90 Å². The fourth-order valence-corrected chi connectivity index (χ4v) is 1.59. The minimum Gasteiger partial charge on any atom is -0.443 e. The number of alkyl halides is 3. The van der Waals surface area contributed by atoms with Gasteiger partial charge in [0.05, 0.1) is 18.7 Å². The summed E-state index contributed by atoms with van der Waals surface area (Å²) < 4.78 is 43.2. The van der Waals surface area contributed by atoms with Crippen LogP contribution in [0, 0.1) is 0 Å². The van der Waals surface area contributed by atoms with Gasteiger partial charge in [-0.1, -0.05) is 6.07 Å². The molecule has 0 heterocycles. The Hall–Kier alpha value is -1.76. The van der Waals surface area contributed by atoms with Gasteiger partial charge in [-0.2, -0.15) is 13.2 Å². The number of ether oxygens (including phenoxy) is 1. The predicted octanol–water partition coefficient (Wildman–Crippen LogP) is 3.44. The van der Waals surface area contributed by atoms with Crippen molar-refractivity contribution in [2.75, 3.05) is 18.1 Å². The van der Waals surface area contributed by atoms with Crippen molar-refractivity contribution in [3.63, 3.8) is 0 Å². The summed E-state index contributed by atoms with van der Waals surface area (Å²) in [5.74, 6) is 0. The number of carbonyl (C=O) groups is 1. The zero-order valence-corrected chi connectivity index (χ0v) is 12.1. The maximum atomic E-state index is 12.7. The molecule has 0 unspecified atom stereocenters. The number of anilines is 1. The van der Waals surface area contributed by atoms with Crippen molar-refractivity contribution in [2.24, 2.45) is 0 Å². The SMILES string of the molecule is CC(C)(C)OC(=O)N(CCO)c1cccc(C(F)(F)F)c1. The van der Waals surface area contributed by atoms with Crippen molar-refractivity contribution in [3.8, 4) is 0 Å². The number of rotatable bonds is 3. The third kappa shape index (κ3) is 5.26. The average molecular weight is 305 g/mol. The lowest BCUT2D eigenvalue weighted by Gasteiger charge is -2.27. The molecule has 4 nitrogen and oxygen atoms in total. The molecule has 0 saturated heterocycles. The van der Waals surface area contributed by atoms with Crippen LogP contribution in [0.4, 0.5) is 23.7 Å². The van der Waals surface area contributed by atoms with Crippen LogP contribution in [0.1, 0.15) is 26.3 Å². The molecule has 0 aliphatic heterocycles. The number of hydrogen-bond donors (Lipinski definition) is 1. The molecule has 1 aromatic rings. The van der Waals surface area contributed by atoms with Gasteiger partial charge in [0.25, 0.3) is 0 Å². The molecule has 0 aliphatic carbocycles. The largest absolute Gasteiger partial charge is 0.443 e. The van der Waals surface area contributed by atoms with E-state index in [0.717, 1.165) is 17.0 Å². The first kappa shape index (κ1) is 17.3. The van der Waals surface area contributed by atoms with Crippen molar-refractivity contribution in [1.82, 2.24) is 0 Å². The highest BCUT2D eigenvalue weighted by atomic mass is 19.4. The Morgan fingerprint density at radius 3 is 2.38 bits per heavy atom. The van der Waals surface area contributed by atoms with E-state index >= 15 is 0 Å². The highest BCUT2D eigenvalue weighted by molar-refractivity contribution is 5.88. The highest BCUT2D eigenvalue weighted by Crippen LogP contribution is 2.32. The summed E-state index contributed by atoms with van der Waals surface area (Å²) in [5.41, 5.74) is -1.63. The maximum Gasteiger partial charge on any atom is 0.416 e. The molecule has 1 rings (SSSR count). The molecule has 0 radical (unpaired) electrons. The molecule has 0 aromatic heterocycles. The van der Waals surface area contributed by atoms with Gasteiger partial charge in [-0.15, -0.1) is 0 Å². The van der Waals surface area contributed by atoms with Gasteiger partial charge in [0.1, 0.15) is 5.60 Å². The third-order valence-corrected chi connectivity index (χ3v) is 2.42. The Morgan fingerprint density at radius 1 is 1.29 bits per heavy atom. The molecule has 0 bridgehead atoms. The Kier molecular flexibility index (Phi) is 5.22. The van der Waals surface area contributed by atoms with Gasteiger partial charge >= 0.3 is 12.3 Å². The van der Waals surface area contributed by atoms with E-state index in [1.54, 1.807) is 20.8 Å². The Morgan fingerprint density at radius 2 is 1.90 bits per heavy atom. The summed E-state index contributed by atoms with van der Waals surface area (Å²) in [6.45, 7) is 4.39. The number of benzene rings is 1. The van der Waals surface area contributed by atoms with E-state index in [4.69, 9.17) is 9.84 Å². The molecular formula is C14H18F3NO3. The number of nitrogens with zero attached hydrogens (tertiary/aromatic N) is 1. The van der Waals surface area contributed by atoms with E-state index in [2.05, 4.69) is 0 Å². The number of halogens is 3. The second kappa shape index (κ2) is 6.34. The second-order valence-electron chi connectivity index (χ2n) is 5.40. The van der Waals surface area contributed by atoms with Crippen molar-refractivity contribution >= 4 is 11.8 Å². The van der Waals surface area contributed by atoms with Crippen LogP contribution in [-0.4, -0.2) is 30.0 Å². The summed E-state index contributed by atoms with van der Waals surface area (Å²) in [6.07, 6.45) is -5.31. The molecule has 0 aliphatic rings. The number of carbonyl (C=O) groups excluding carboxylic acids is 1. The lowest BCUT2D eigenvalue weighted by atomic mass is 10.2. The zero-order chi connectivity index (χ0) is 16.3. The van der Waals surface area contributed by atoms with Crippen LogP contribution in [0.5, 0.6) is 0 Å². The monoisotopic (exact) mass is 305 g/mol. The summed E-state index contributed by atoms with van der Waals surface area (Å²) in [5, 5.41) is 9.00. The Bertz CT molecular complexity index is 495. The Labute approximate surface area is 121 Å². The molecule has 0 fully saturated rings. The van der Waals surface area contributed by atoms with Gasteiger partial charge in [-0.3, -0.25) is 4.90 Å². The third-order valence-electron chi connectivity index (χ3n) is 2.42. The summed E-state index contributed by atoms with van der Waals surface area (Å²) >= 11 is 0. The summed E-state index contributed by atoms with van der Waals surface area (Å²) in [6, 6.07) is 4.32. The first-order valence-electron chi connectivity index (χ1n) is 6.33. The van der Waals surface area contributed by atoms with Crippen LogP contribution in [0.25, 0.3) is 0 Å². The molecule has 0 spiro atoms. The normalized spacial score (nSPS) is 12.1.